The van der Waals surface area contributed by atoms with Crippen LogP contribution >= 0.6 is 15.9 Å². The lowest BCUT2D eigenvalue weighted by atomic mass is 10.1. The Morgan fingerprint density at radius 3 is 2.47 bits per heavy atom. The lowest BCUT2D eigenvalue weighted by Crippen LogP contribution is -2.50. The molecule has 1 unspecified atom stereocenters. The molecular formula is C15H21BrN2O. The molecule has 1 aromatic rings. The predicted octanol–water partition coefficient (Wildman–Crippen LogP) is 2.82. The van der Waals surface area contributed by atoms with Crippen LogP contribution in [0.5, 0.6) is 0 Å². The summed E-state index contributed by atoms with van der Waals surface area (Å²) in [6.45, 7) is 7.63. The molecule has 1 aliphatic rings. The fourth-order valence-electron chi connectivity index (χ4n) is 2.46. The van der Waals surface area contributed by atoms with Gasteiger partial charge in [-0.15, -0.1) is 0 Å². The van der Waals surface area contributed by atoms with E-state index in [2.05, 4.69) is 52.0 Å². The van der Waals surface area contributed by atoms with E-state index in [9.17, 15) is 4.79 Å². The van der Waals surface area contributed by atoms with Gasteiger partial charge in [-0.05, 0) is 25.0 Å². The molecule has 0 radical (unpaired) electrons. The lowest BCUT2D eigenvalue weighted by molar-refractivity contribution is -0.130. The van der Waals surface area contributed by atoms with Crippen molar-refractivity contribution in [2.24, 2.45) is 0 Å². The first kappa shape index (κ1) is 14.4. The number of rotatable bonds is 3. The number of para-hydroxylation sites is 1. The second-order valence-corrected chi connectivity index (χ2v) is 6.08. The van der Waals surface area contributed by atoms with E-state index in [0.717, 1.165) is 32.6 Å². The molecule has 1 saturated heterocycles. The van der Waals surface area contributed by atoms with Crippen LogP contribution in [0.25, 0.3) is 0 Å². The van der Waals surface area contributed by atoms with E-state index in [1.165, 1.54) is 11.3 Å². The van der Waals surface area contributed by atoms with Crippen LogP contribution in [0.15, 0.2) is 24.3 Å². The quantitative estimate of drug-likeness (QED) is 0.798. The highest BCUT2D eigenvalue weighted by Crippen LogP contribution is 2.21. The molecule has 0 aliphatic carbocycles. The number of halogens is 1. The molecule has 1 atom stereocenters. The summed E-state index contributed by atoms with van der Waals surface area (Å²) < 4.78 is 0. The Morgan fingerprint density at radius 1 is 1.26 bits per heavy atom. The van der Waals surface area contributed by atoms with Crippen molar-refractivity contribution in [2.75, 3.05) is 31.1 Å². The highest BCUT2D eigenvalue weighted by molar-refractivity contribution is 9.10. The Morgan fingerprint density at radius 2 is 1.89 bits per heavy atom. The van der Waals surface area contributed by atoms with Gasteiger partial charge < -0.3 is 9.80 Å². The maximum Gasteiger partial charge on any atom is 0.236 e. The molecule has 4 heteroatoms. The van der Waals surface area contributed by atoms with E-state index in [4.69, 9.17) is 0 Å². The smallest absolute Gasteiger partial charge is 0.236 e. The van der Waals surface area contributed by atoms with E-state index in [0.29, 0.717) is 0 Å². The average Bonchev–Trinajstić information content (AvgIpc) is 2.46. The average molecular weight is 325 g/mol. The summed E-state index contributed by atoms with van der Waals surface area (Å²) in [5, 5.41) is 0. The van der Waals surface area contributed by atoms with Gasteiger partial charge in [0.25, 0.3) is 0 Å². The second-order valence-electron chi connectivity index (χ2n) is 4.97. The summed E-state index contributed by atoms with van der Waals surface area (Å²) >= 11 is 3.44. The van der Waals surface area contributed by atoms with Crippen LogP contribution in [0.4, 0.5) is 5.69 Å². The molecule has 1 heterocycles. The van der Waals surface area contributed by atoms with Gasteiger partial charge in [-0.25, -0.2) is 0 Å². The standard InChI is InChI=1S/C15H21BrN2O/c1-3-13(16)15(19)18-10-8-17(9-11-18)14-7-5-4-6-12(14)2/h4-7,13H,3,8-11H2,1-2H3. The van der Waals surface area contributed by atoms with Crippen molar-refractivity contribution in [1.29, 1.82) is 0 Å². The third-order valence-electron chi connectivity index (χ3n) is 3.67. The number of hydrogen-bond acceptors (Lipinski definition) is 2. The largest absolute Gasteiger partial charge is 0.368 e. The SMILES string of the molecule is CCC(Br)C(=O)N1CCN(c2ccccc2C)CC1. The third kappa shape index (κ3) is 3.30. The Labute approximate surface area is 123 Å². The van der Waals surface area contributed by atoms with Crippen LogP contribution in [0, 0.1) is 6.92 Å². The van der Waals surface area contributed by atoms with Gasteiger partial charge >= 0.3 is 0 Å². The van der Waals surface area contributed by atoms with Crippen LogP contribution < -0.4 is 4.90 Å². The highest BCUT2D eigenvalue weighted by atomic mass is 79.9. The normalized spacial score (nSPS) is 17.4. The first-order valence-electron chi connectivity index (χ1n) is 6.87. The number of carbonyl (C=O) groups is 1. The van der Waals surface area contributed by atoms with Crippen molar-refractivity contribution in [3.8, 4) is 0 Å². The number of amides is 1. The van der Waals surface area contributed by atoms with Gasteiger partial charge in [0.15, 0.2) is 0 Å². The summed E-state index contributed by atoms with van der Waals surface area (Å²) in [7, 11) is 0. The molecule has 19 heavy (non-hydrogen) atoms. The molecule has 1 aromatic carbocycles. The number of anilines is 1. The van der Waals surface area contributed by atoms with Gasteiger partial charge in [-0.3, -0.25) is 4.79 Å². The van der Waals surface area contributed by atoms with Crippen molar-refractivity contribution in [1.82, 2.24) is 4.90 Å². The van der Waals surface area contributed by atoms with Crippen LogP contribution in [-0.4, -0.2) is 41.8 Å². The van der Waals surface area contributed by atoms with Crippen molar-refractivity contribution in [3.05, 3.63) is 29.8 Å². The molecule has 1 aliphatic heterocycles. The van der Waals surface area contributed by atoms with Gasteiger partial charge in [0, 0.05) is 31.9 Å². The lowest BCUT2D eigenvalue weighted by Gasteiger charge is -2.37. The van der Waals surface area contributed by atoms with Gasteiger partial charge in [0.1, 0.15) is 0 Å². The highest BCUT2D eigenvalue weighted by Gasteiger charge is 2.25. The molecule has 0 bridgehead atoms. The Balaban J connectivity index is 1.96. The van der Waals surface area contributed by atoms with Crippen LogP contribution in [0.2, 0.25) is 0 Å². The van der Waals surface area contributed by atoms with E-state index in [-0.39, 0.29) is 10.7 Å². The molecular weight excluding hydrogens is 304 g/mol. The van der Waals surface area contributed by atoms with E-state index in [1.54, 1.807) is 0 Å². The zero-order valence-corrected chi connectivity index (χ0v) is 13.2. The number of nitrogens with zero attached hydrogens (tertiary/aromatic N) is 2. The number of piperazine rings is 1. The zero-order valence-electron chi connectivity index (χ0n) is 11.6. The molecule has 104 valence electrons. The van der Waals surface area contributed by atoms with Gasteiger partial charge in [0.2, 0.25) is 5.91 Å². The molecule has 3 nitrogen and oxygen atoms in total. The maximum atomic E-state index is 12.1. The molecule has 1 fully saturated rings. The van der Waals surface area contributed by atoms with Gasteiger partial charge in [-0.2, -0.15) is 0 Å². The minimum absolute atomic E-state index is 0.0301. The van der Waals surface area contributed by atoms with Crippen molar-refractivity contribution in [3.63, 3.8) is 0 Å². The Hall–Kier alpha value is -1.03. The summed E-state index contributed by atoms with van der Waals surface area (Å²) in [5.41, 5.74) is 2.59. The number of aryl methyl sites for hydroxylation is 1. The number of carbonyl (C=O) groups excluding carboxylic acids is 1. The van der Waals surface area contributed by atoms with Crippen molar-refractivity contribution < 1.29 is 4.79 Å². The molecule has 0 spiro atoms. The molecule has 1 amide bonds. The topological polar surface area (TPSA) is 23.6 Å². The summed E-state index contributed by atoms with van der Waals surface area (Å²) in [6, 6.07) is 8.44. The van der Waals surface area contributed by atoms with E-state index in [1.807, 2.05) is 11.8 Å². The fourth-order valence-corrected chi connectivity index (χ4v) is 2.75. The number of benzene rings is 1. The Kier molecular flexibility index (Phi) is 4.86. The van der Waals surface area contributed by atoms with Crippen molar-refractivity contribution >= 4 is 27.5 Å². The number of alkyl halides is 1. The van der Waals surface area contributed by atoms with E-state index < -0.39 is 0 Å². The summed E-state index contributed by atoms with van der Waals surface area (Å²) in [4.78, 5) is 16.4. The minimum Gasteiger partial charge on any atom is -0.368 e. The zero-order chi connectivity index (χ0) is 13.8. The van der Waals surface area contributed by atoms with Crippen LogP contribution in [0.3, 0.4) is 0 Å². The molecule has 0 aromatic heterocycles. The molecule has 0 saturated carbocycles. The predicted molar refractivity (Wildman–Crippen MR) is 83.0 cm³/mol. The third-order valence-corrected chi connectivity index (χ3v) is 4.71. The summed E-state index contributed by atoms with van der Waals surface area (Å²) in [5.74, 6) is 0.229. The first-order chi connectivity index (χ1) is 9.13. The monoisotopic (exact) mass is 324 g/mol. The second kappa shape index (κ2) is 6.42. The maximum absolute atomic E-state index is 12.1. The fraction of sp³-hybridized carbons (Fsp3) is 0.533. The van der Waals surface area contributed by atoms with E-state index >= 15 is 0 Å². The van der Waals surface area contributed by atoms with Crippen LogP contribution in [0.1, 0.15) is 18.9 Å². The van der Waals surface area contributed by atoms with Gasteiger partial charge in [0.05, 0.1) is 4.83 Å². The van der Waals surface area contributed by atoms with Gasteiger partial charge in [-0.1, -0.05) is 41.1 Å². The first-order valence-corrected chi connectivity index (χ1v) is 7.78. The minimum atomic E-state index is -0.0301. The van der Waals surface area contributed by atoms with Crippen LogP contribution in [-0.2, 0) is 4.79 Å². The molecule has 2 rings (SSSR count). The Bertz CT molecular complexity index is 442. The summed E-state index contributed by atoms with van der Waals surface area (Å²) in [6.07, 6.45) is 0.844. The number of hydrogen-bond donors (Lipinski definition) is 0. The van der Waals surface area contributed by atoms with Crippen molar-refractivity contribution in [2.45, 2.75) is 25.1 Å². The molecule has 0 N–H and O–H groups in total.